The number of carbonyl (C=O) groups is 1. The van der Waals surface area contributed by atoms with Crippen LogP contribution in [0.4, 0.5) is 8.78 Å². The van der Waals surface area contributed by atoms with Crippen LogP contribution in [0.5, 0.6) is 0 Å². The predicted molar refractivity (Wildman–Crippen MR) is 133 cm³/mol. The van der Waals surface area contributed by atoms with Gasteiger partial charge in [0.05, 0.1) is 24.8 Å². The number of nitrogens with zero attached hydrogens (tertiary/aromatic N) is 3. The van der Waals surface area contributed by atoms with Crippen molar-refractivity contribution in [1.29, 1.82) is 0 Å². The fraction of sp³-hybridized carbons (Fsp3) is 0.407. The van der Waals surface area contributed by atoms with E-state index in [4.69, 9.17) is 15.5 Å². The zero-order valence-corrected chi connectivity index (χ0v) is 20.7. The Bertz CT molecular complexity index is 1110. The number of benzene rings is 2. The molecule has 2 N–H and O–H groups in total. The van der Waals surface area contributed by atoms with Gasteiger partial charge in [-0.15, -0.1) is 0 Å². The lowest BCUT2D eigenvalue weighted by Gasteiger charge is -2.40. The Kier molecular flexibility index (Phi) is 8.75. The first-order valence-corrected chi connectivity index (χ1v) is 11.6. The lowest BCUT2D eigenvalue weighted by atomic mass is 9.84. The van der Waals surface area contributed by atoms with E-state index in [2.05, 4.69) is 0 Å². The van der Waals surface area contributed by atoms with Gasteiger partial charge in [0.25, 0.3) is 0 Å². The van der Waals surface area contributed by atoms with Gasteiger partial charge in [0, 0.05) is 31.0 Å². The molecule has 0 saturated heterocycles. The van der Waals surface area contributed by atoms with E-state index in [1.807, 2.05) is 61.9 Å². The summed E-state index contributed by atoms with van der Waals surface area (Å²) in [7, 11) is 1.42. The van der Waals surface area contributed by atoms with Crippen LogP contribution in [0.3, 0.4) is 0 Å². The van der Waals surface area contributed by atoms with Crippen LogP contribution in [-0.2, 0) is 16.1 Å². The highest BCUT2D eigenvalue weighted by Crippen LogP contribution is 2.39. The van der Waals surface area contributed by atoms with E-state index in [-0.39, 0.29) is 38.0 Å². The average Bonchev–Trinajstić information content (AvgIpc) is 3.23. The van der Waals surface area contributed by atoms with Crippen LogP contribution in [-0.4, -0.2) is 53.3 Å². The minimum atomic E-state index is -1.41. The summed E-state index contributed by atoms with van der Waals surface area (Å²) in [5, 5.41) is 0. The minimum Gasteiger partial charge on any atom is -0.375 e. The quantitative estimate of drug-likeness (QED) is 0.457. The van der Waals surface area contributed by atoms with Crippen molar-refractivity contribution < 1.29 is 18.3 Å². The van der Waals surface area contributed by atoms with E-state index in [1.54, 1.807) is 18.2 Å². The van der Waals surface area contributed by atoms with Gasteiger partial charge in [-0.2, -0.15) is 0 Å². The normalized spacial score (nSPS) is 13.5. The van der Waals surface area contributed by atoms with E-state index in [0.29, 0.717) is 17.1 Å². The van der Waals surface area contributed by atoms with E-state index in [0.717, 1.165) is 5.56 Å². The van der Waals surface area contributed by atoms with Crippen LogP contribution in [0, 0.1) is 11.2 Å². The van der Waals surface area contributed by atoms with Gasteiger partial charge in [-0.3, -0.25) is 4.79 Å². The lowest BCUT2D eigenvalue weighted by molar-refractivity contribution is -0.141. The number of aromatic nitrogens is 2. The maximum absolute atomic E-state index is 14.6. The van der Waals surface area contributed by atoms with Crippen molar-refractivity contribution in [2.24, 2.45) is 11.1 Å². The molecule has 0 radical (unpaired) electrons. The van der Waals surface area contributed by atoms with Gasteiger partial charge >= 0.3 is 0 Å². The van der Waals surface area contributed by atoms with E-state index in [9.17, 15) is 13.6 Å². The molecule has 2 unspecified atom stereocenters. The Balaban J connectivity index is 2.19. The smallest absolute Gasteiger partial charge is 0.249 e. The molecule has 1 heterocycles. The summed E-state index contributed by atoms with van der Waals surface area (Å²) in [6, 6.07) is 15.5. The number of halogens is 2. The monoisotopic (exact) mass is 484 g/mol. The molecular weight excluding hydrogens is 450 g/mol. The second kappa shape index (κ2) is 11.6. The number of hydrogen-bond acceptors (Lipinski definition) is 4. The molecule has 8 heteroatoms. The number of nitrogens with two attached hydrogens (primary N) is 1. The zero-order valence-electron chi connectivity index (χ0n) is 20.7. The van der Waals surface area contributed by atoms with E-state index in [1.165, 1.54) is 18.1 Å². The first-order valence-electron chi connectivity index (χ1n) is 11.6. The Morgan fingerprint density at radius 1 is 1.14 bits per heavy atom. The van der Waals surface area contributed by atoms with Crippen molar-refractivity contribution in [3.63, 3.8) is 0 Å². The Labute approximate surface area is 205 Å². The summed E-state index contributed by atoms with van der Waals surface area (Å²) in [6.07, 6.45) is 0.439. The van der Waals surface area contributed by atoms with Crippen molar-refractivity contribution in [2.45, 2.75) is 39.5 Å². The summed E-state index contributed by atoms with van der Waals surface area (Å²) in [4.78, 5) is 19.5. The first kappa shape index (κ1) is 26.5. The summed E-state index contributed by atoms with van der Waals surface area (Å²) in [5.74, 6) is -0.168. The number of alkyl halides is 1. The van der Waals surface area contributed by atoms with Crippen LogP contribution in [0.15, 0.2) is 60.8 Å². The standard InChI is InChI=1S/C27H34F2N4O2/c1-27(2,3)25(33(16-21(28)14-30)24(34)18-35-4)26-31-23(19-10-6-5-7-11-19)17-32(26)15-20-12-8-9-13-22(20)29/h5-13,17,21,25H,14-16,18,30H2,1-4H3. The molecule has 2 atom stereocenters. The number of ether oxygens (including phenoxy) is 1. The molecule has 2 aromatic carbocycles. The third-order valence-electron chi connectivity index (χ3n) is 5.79. The molecule has 1 amide bonds. The molecule has 0 spiro atoms. The van der Waals surface area contributed by atoms with E-state index < -0.39 is 17.6 Å². The molecule has 0 aliphatic heterocycles. The molecular formula is C27H34F2N4O2. The summed E-state index contributed by atoms with van der Waals surface area (Å²) in [5.41, 5.74) is 7.08. The molecule has 188 valence electrons. The second-order valence-electron chi connectivity index (χ2n) is 9.65. The molecule has 3 aromatic rings. The number of amides is 1. The highest BCUT2D eigenvalue weighted by molar-refractivity contribution is 5.78. The van der Waals surface area contributed by atoms with Crippen LogP contribution in [0.25, 0.3) is 11.3 Å². The van der Waals surface area contributed by atoms with Gasteiger partial charge in [0.2, 0.25) is 5.91 Å². The fourth-order valence-electron chi connectivity index (χ4n) is 4.17. The molecule has 0 aliphatic rings. The van der Waals surface area contributed by atoms with Crippen LogP contribution >= 0.6 is 0 Å². The third kappa shape index (κ3) is 6.52. The zero-order chi connectivity index (χ0) is 25.6. The molecule has 0 aliphatic carbocycles. The Hall–Kier alpha value is -3.10. The molecule has 3 rings (SSSR count). The van der Waals surface area contributed by atoms with E-state index >= 15 is 0 Å². The largest absolute Gasteiger partial charge is 0.375 e. The number of rotatable bonds is 10. The predicted octanol–water partition coefficient (Wildman–Crippen LogP) is 4.60. The van der Waals surface area contributed by atoms with Crippen molar-refractivity contribution in [3.8, 4) is 11.3 Å². The van der Waals surface area contributed by atoms with Gasteiger partial charge < -0.3 is 19.9 Å². The average molecular weight is 485 g/mol. The van der Waals surface area contributed by atoms with Gasteiger partial charge in [0.1, 0.15) is 24.4 Å². The molecule has 0 bridgehead atoms. The van der Waals surface area contributed by atoms with Crippen LogP contribution in [0.1, 0.15) is 38.2 Å². The van der Waals surface area contributed by atoms with Gasteiger partial charge in [0.15, 0.2) is 0 Å². The summed E-state index contributed by atoms with van der Waals surface area (Å²) in [6.45, 7) is 5.47. The molecule has 35 heavy (non-hydrogen) atoms. The van der Waals surface area contributed by atoms with Gasteiger partial charge in [-0.1, -0.05) is 69.3 Å². The minimum absolute atomic E-state index is 0.201. The highest BCUT2D eigenvalue weighted by Gasteiger charge is 2.39. The Morgan fingerprint density at radius 3 is 2.40 bits per heavy atom. The lowest BCUT2D eigenvalue weighted by Crippen LogP contribution is -2.47. The SMILES string of the molecule is COCC(=O)N(CC(F)CN)C(c1nc(-c2ccccc2)cn1Cc1ccccc1F)C(C)(C)C. The maximum Gasteiger partial charge on any atom is 0.249 e. The molecule has 1 aromatic heterocycles. The second-order valence-corrected chi connectivity index (χ2v) is 9.65. The van der Waals surface area contributed by atoms with Crippen molar-refractivity contribution in [2.75, 3.05) is 26.8 Å². The first-order chi connectivity index (χ1) is 16.7. The fourth-order valence-corrected chi connectivity index (χ4v) is 4.17. The molecule has 0 saturated carbocycles. The maximum atomic E-state index is 14.6. The third-order valence-corrected chi connectivity index (χ3v) is 5.79. The molecule has 0 fully saturated rings. The number of carbonyl (C=O) groups excluding carboxylic acids is 1. The molecule has 6 nitrogen and oxygen atoms in total. The van der Waals surface area contributed by atoms with Crippen LogP contribution in [0.2, 0.25) is 0 Å². The number of imidazole rings is 1. The summed E-state index contributed by atoms with van der Waals surface area (Å²) >= 11 is 0. The van der Waals surface area contributed by atoms with Gasteiger partial charge in [-0.05, 0) is 11.5 Å². The van der Waals surface area contributed by atoms with Gasteiger partial charge in [-0.25, -0.2) is 13.8 Å². The topological polar surface area (TPSA) is 73.4 Å². The van der Waals surface area contributed by atoms with Crippen LogP contribution < -0.4 is 5.73 Å². The van der Waals surface area contributed by atoms with Crippen molar-refractivity contribution in [3.05, 3.63) is 78.0 Å². The van der Waals surface area contributed by atoms with Crippen molar-refractivity contribution in [1.82, 2.24) is 14.5 Å². The number of hydrogen-bond donors (Lipinski definition) is 1. The Morgan fingerprint density at radius 2 is 1.80 bits per heavy atom. The summed E-state index contributed by atoms with van der Waals surface area (Å²) < 4.78 is 36.1. The van der Waals surface area contributed by atoms with Crippen molar-refractivity contribution >= 4 is 5.91 Å². The number of methoxy groups -OCH3 is 1. The highest BCUT2D eigenvalue weighted by atomic mass is 19.1.